The van der Waals surface area contributed by atoms with Gasteiger partial charge < -0.3 is 0 Å². The molecule has 0 heterocycles. The van der Waals surface area contributed by atoms with Crippen molar-refractivity contribution in [2.75, 3.05) is 5.33 Å². The van der Waals surface area contributed by atoms with E-state index in [0.717, 1.165) is 19.3 Å². The van der Waals surface area contributed by atoms with Crippen molar-refractivity contribution in [3.63, 3.8) is 0 Å². The highest BCUT2D eigenvalue weighted by Crippen LogP contribution is 2.06. The first-order valence-corrected chi connectivity index (χ1v) is 6.06. The number of hydrogen-bond donors (Lipinski definition) is 0. The van der Waals surface area contributed by atoms with E-state index in [1.807, 2.05) is 6.07 Å². The average molecular weight is 255 g/mol. The smallest absolute Gasteiger partial charge is 0.143 e. The Morgan fingerprint density at radius 1 is 1.14 bits per heavy atom. The summed E-state index contributed by atoms with van der Waals surface area (Å²) >= 11 is 3.16. The second-order valence-electron chi connectivity index (χ2n) is 3.37. The molecular formula is C12H15BrO. The topological polar surface area (TPSA) is 17.1 Å². The average Bonchev–Trinajstić information content (AvgIpc) is 2.25. The van der Waals surface area contributed by atoms with Gasteiger partial charge in [-0.05, 0) is 24.8 Å². The molecule has 0 saturated heterocycles. The summed E-state index contributed by atoms with van der Waals surface area (Å²) in [6.07, 6.45) is 3.89. The van der Waals surface area contributed by atoms with E-state index in [4.69, 9.17) is 0 Å². The highest BCUT2D eigenvalue weighted by Gasteiger charge is 1.98. The predicted octanol–water partition coefficient (Wildman–Crippen LogP) is 3.36. The Balaban J connectivity index is 2.13. The van der Waals surface area contributed by atoms with Gasteiger partial charge in [0.2, 0.25) is 0 Å². The van der Waals surface area contributed by atoms with E-state index in [1.54, 1.807) is 0 Å². The molecular weight excluding hydrogens is 240 g/mol. The summed E-state index contributed by atoms with van der Waals surface area (Å²) in [6.45, 7) is 0. The minimum atomic E-state index is 0.304. The maximum Gasteiger partial charge on any atom is 0.143 e. The SMILES string of the molecule is O=C(CBr)CCCCc1ccccc1. The number of Topliss-reactive ketones (excluding diaryl/α,β-unsaturated/α-hetero) is 1. The van der Waals surface area contributed by atoms with E-state index in [0.29, 0.717) is 17.5 Å². The molecule has 0 aliphatic heterocycles. The van der Waals surface area contributed by atoms with Crippen molar-refractivity contribution in [1.29, 1.82) is 0 Å². The standard InChI is InChI=1S/C12H15BrO/c13-10-12(14)9-5-4-8-11-6-2-1-3-7-11/h1-3,6-7H,4-5,8-10H2. The summed E-state index contributed by atoms with van der Waals surface area (Å²) in [5.41, 5.74) is 1.36. The highest BCUT2D eigenvalue weighted by molar-refractivity contribution is 9.09. The fourth-order valence-corrected chi connectivity index (χ4v) is 1.64. The molecule has 0 radical (unpaired) electrons. The number of aryl methyl sites for hydroxylation is 1. The first-order valence-electron chi connectivity index (χ1n) is 4.94. The predicted molar refractivity (Wildman–Crippen MR) is 62.8 cm³/mol. The Morgan fingerprint density at radius 2 is 1.86 bits per heavy atom. The Labute approximate surface area is 93.7 Å². The van der Waals surface area contributed by atoms with Gasteiger partial charge in [0.1, 0.15) is 5.78 Å². The first-order chi connectivity index (χ1) is 6.83. The van der Waals surface area contributed by atoms with Crippen LogP contribution >= 0.6 is 15.9 Å². The second kappa shape index (κ2) is 6.77. The van der Waals surface area contributed by atoms with Gasteiger partial charge in [-0.1, -0.05) is 46.3 Å². The molecule has 0 saturated carbocycles. The van der Waals surface area contributed by atoms with Crippen molar-refractivity contribution >= 4 is 21.7 Å². The minimum Gasteiger partial charge on any atom is -0.299 e. The first kappa shape index (κ1) is 11.4. The number of carbonyl (C=O) groups is 1. The molecule has 0 aliphatic carbocycles. The van der Waals surface area contributed by atoms with Crippen LogP contribution in [-0.4, -0.2) is 11.1 Å². The third-order valence-electron chi connectivity index (χ3n) is 2.16. The molecule has 0 spiro atoms. The van der Waals surface area contributed by atoms with Gasteiger partial charge in [0.05, 0.1) is 5.33 Å². The van der Waals surface area contributed by atoms with Crippen molar-refractivity contribution in [2.45, 2.75) is 25.7 Å². The van der Waals surface area contributed by atoms with E-state index >= 15 is 0 Å². The summed E-state index contributed by atoms with van der Waals surface area (Å²) in [4.78, 5) is 11.0. The van der Waals surface area contributed by atoms with Gasteiger partial charge in [0, 0.05) is 6.42 Å². The van der Waals surface area contributed by atoms with Crippen molar-refractivity contribution in [3.05, 3.63) is 35.9 Å². The summed E-state index contributed by atoms with van der Waals surface area (Å²) < 4.78 is 0. The molecule has 0 atom stereocenters. The summed E-state index contributed by atoms with van der Waals surface area (Å²) in [6, 6.07) is 10.4. The number of rotatable bonds is 6. The van der Waals surface area contributed by atoms with Gasteiger partial charge in [-0.25, -0.2) is 0 Å². The van der Waals surface area contributed by atoms with E-state index in [9.17, 15) is 4.79 Å². The number of carbonyl (C=O) groups excluding carboxylic acids is 1. The van der Waals surface area contributed by atoms with Crippen molar-refractivity contribution < 1.29 is 4.79 Å². The quantitative estimate of drug-likeness (QED) is 0.562. The molecule has 0 aromatic heterocycles. The van der Waals surface area contributed by atoms with Crippen LogP contribution in [0.4, 0.5) is 0 Å². The van der Waals surface area contributed by atoms with Gasteiger partial charge in [0.15, 0.2) is 0 Å². The van der Waals surface area contributed by atoms with Gasteiger partial charge in [-0.2, -0.15) is 0 Å². The van der Waals surface area contributed by atoms with Crippen LogP contribution in [0.25, 0.3) is 0 Å². The molecule has 76 valence electrons. The largest absolute Gasteiger partial charge is 0.299 e. The normalized spacial score (nSPS) is 10.1. The van der Waals surface area contributed by atoms with E-state index < -0.39 is 0 Å². The molecule has 2 heteroatoms. The zero-order valence-electron chi connectivity index (χ0n) is 8.21. The van der Waals surface area contributed by atoms with Crippen LogP contribution in [0.5, 0.6) is 0 Å². The van der Waals surface area contributed by atoms with Crippen molar-refractivity contribution in [2.24, 2.45) is 0 Å². The molecule has 0 amide bonds. The third kappa shape index (κ3) is 4.56. The van der Waals surface area contributed by atoms with Crippen LogP contribution in [0.2, 0.25) is 0 Å². The fraction of sp³-hybridized carbons (Fsp3) is 0.417. The highest BCUT2D eigenvalue weighted by atomic mass is 79.9. The molecule has 0 bridgehead atoms. The molecule has 0 unspecified atom stereocenters. The fourth-order valence-electron chi connectivity index (χ4n) is 1.36. The Bertz CT molecular complexity index is 269. The maximum absolute atomic E-state index is 11.0. The van der Waals surface area contributed by atoms with Gasteiger partial charge >= 0.3 is 0 Å². The Hall–Kier alpha value is -0.630. The molecule has 0 N–H and O–H groups in total. The van der Waals surface area contributed by atoms with E-state index in [1.165, 1.54) is 5.56 Å². The number of unbranched alkanes of at least 4 members (excludes halogenated alkanes) is 1. The lowest BCUT2D eigenvalue weighted by Gasteiger charge is -2.00. The third-order valence-corrected chi connectivity index (χ3v) is 2.79. The van der Waals surface area contributed by atoms with Crippen molar-refractivity contribution in [1.82, 2.24) is 0 Å². The van der Waals surface area contributed by atoms with Crippen LogP contribution in [0, 0.1) is 0 Å². The lowest BCUT2D eigenvalue weighted by molar-refractivity contribution is -0.116. The number of benzene rings is 1. The lowest BCUT2D eigenvalue weighted by atomic mass is 10.1. The molecule has 1 rings (SSSR count). The van der Waals surface area contributed by atoms with Crippen LogP contribution in [0.15, 0.2) is 30.3 Å². The zero-order valence-corrected chi connectivity index (χ0v) is 9.79. The molecule has 0 aliphatic rings. The maximum atomic E-state index is 11.0. The van der Waals surface area contributed by atoms with Crippen LogP contribution in [0.1, 0.15) is 24.8 Å². The molecule has 0 fully saturated rings. The lowest BCUT2D eigenvalue weighted by Crippen LogP contribution is -1.98. The number of halogens is 1. The number of hydrogen-bond acceptors (Lipinski definition) is 1. The van der Waals surface area contributed by atoms with Crippen LogP contribution in [0.3, 0.4) is 0 Å². The number of alkyl halides is 1. The minimum absolute atomic E-state index is 0.304. The monoisotopic (exact) mass is 254 g/mol. The van der Waals surface area contributed by atoms with Crippen molar-refractivity contribution in [3.8, 4) is 0 Å². The van der Waals surface area contributed by atoms with Crippen LogP contribution in [-0.2, 0) is 11.2 Å². The van der Waals surface area contributed by atoms with E-state index in [2.05, 4.69) is 40.2 Å². The molecule has 14 heavy (non-hydrogen) atoms. The van der Waals surface area contributed by atoms with Gasteiger partial charge in [-0.15, -0.1) is 0 Å². The molecule has 1 nitrogen and oxygen atoms in total. The van der Waals surface area contributed by atoms with Gasteiger partial charge in [-0.3, -0.25) is 4.79 Å². The van der Waals surface area contributed by atoms with E-state index in [-0.39, 0.29) is 0 Å². The summed E-state index contributed by atoms with van der Waals surface area (Å²) in [5.74, 6) is 0.304. The summed E-state index contributed by atoms with van der Waals surface area (Å²) in [7, 11) is 0. The molecule has 1 aromatic rings. The Kier molecular flexibility index (Phi) is 5.53. The second-order valence-corrected chi connectivity index (χ2v) is 3.93. The zero-order chi connectivity index (χ0) is 10.2. The molecule has 1 aromatic carbocycles. The Morgan fingerprint density at radius 3 is 2.50 bits per heavy atom. The van der Waals surface area contributed by atoms with Gasteiger partial charge in [0.25, 0.3) is 0 Å². The summed E-state index contributed by atoms with van der Waals surface area (Å²) in [5, 5.41) is 0.498. The number of ketones is 1. The van der Waals surface area contributed by atoms with Crippen LogP contribution < -0.4 is 0 Å².